The fourth-order valence-electron chi connectivity index (χ4n) is 4.29. The van der Waals surface area contributed by atoms with Crippen molar-refractivity contribution in [3.8, 4) is 11.5 Å². The summed E-state index contributed by atoms with van der Waals surface area (Å²) >= 11 is 5.98. The number of hydrogen-bond donors (Lipinski definition) is 2. The standard InChI is InChI=1S/C30H24BrN3O5S2/c1-17-8-10-19(11-9-17)16-40-30-33-32-29(41-30)34-25(20-14-21(31)26(36)23(15-20)39-2)24(27(37)28(34)38)22(35)13-12-18-6-4-3-5-7-18/h3-15,25,36-37H,16H2,1-2H3. The predicted octanol–water partition coefficient (Wildman–Crippen LogP) is 6.80. The summed E-state index contributed by atoms with van der Waals surface area (Å²) < 4.78 is 6.24. The Balaban J connectivity index is 1.51. The summed E-state index contributed by atoms with van der Waals surface area (Å²) in [4.78, 5) is 28.3. The summed E-state index contributed by atoms with van der Waals surface area (Å²) in [6.07, 6.45) is 2.94. The molecular weight excluding hydrogens is 626 g/mol. The van der Waals surface area contributed by atoms with E-state index < -0.39 is 23.5 Å². The molecule has 11 heteroatoms. The van der Waals surface area contributed by atoms with Crippen LogP contribution in [-0.2, 0) is 15.3 Å². The number of nitrogens with zero attached hydrogens (tertiary/aromatic N) is 3. The first-order valence-electron chi connectivity index (χ1n) is 12.4. The molecule has 5 rings (SSSR count). The number of thioether (sulfide) groups is 1. The van der Waals surface area contributed by atoms with Crippen LogP contribution in [-0.4, -0.2) is 39.2 Å². The SMILES string of the molecule is COc1cc(C2C(C(=O)C=Cc3ccccc3)=C(O)C(=O)N2c2nnc(SCc3ccc(C)cc3)s2)cc(Br)c1O. The molecule has 0 radical (unpaired) electrons. The van der Waals surface area contributed by atoms with E-state index in [4.69, 9.17) is 4.74 Å². The van der Waals surface area contributed by atoms with E-state index in [2.05, 4.69) is 26.1 Å². The molecule has 2 heterocycles. The minimum absolute atomic E-state index is 0.120. The highest BCUT2D eigenvalue weighted by atomic mass is 79.9. The van der Waals surface area contributed by atoms with Crippen molar-refractivity contribution < 1.29 is 24.5 Å². The fraction of sp³-hybridized carbons (Fsp3) is 0.133. The Morgan fingerprint density at radius 2 is 1.85 bits per heavy atom. The van der Waals surface area contributed by atoms with Gasteiger partial charge in [-0.25, -0.2) is 0 Å². The Kier molecular flexibility index (Phi) is 8.57. The van der Waals surface area contributed by atoms with Gasteiger partial charge < -0.3 is 14.9 Å². The number of methoxy groups -OCH3 is 1. The lowest BCUT2D eigenvalue weighted by Gasteiger charge is -2.24. The van der Waals surface area contributed by atoms with Crippen molar-refractivity contribution in [2.24, 2.45) is 0 Å². The zero-order valence-electron chi connectivity index (χ0n) is 21.9. The number of benzene rings is 3. The van der Waals surface area contributed by atoms with Crippen LogP contribution in [0, 0.1) is 6.92 Å². The van der Waals surface area contributed by atoms with Crippen LogP contribution in [0.15, 0.2) is 93.0 Å². The monoisotopic (exact) mass is 649 g/mol. The summed E-state index contributed by atoms with van der Waals surface area (Å²) in [6, 6.07) is 19.4. The Labute approximate surface area is 253 Å². The number of aryl methyl sites for hydroxylation is 1. The highest BCUT2D eigenvalue weighted by Crippen LogP contribution is 2.46. The van der Waals surface area contributed by atoms with E-state index in [1.807, 2.05) is 61.5 Å². The molecule has 2 N–H and O–H groups in total. The molecule has 208 valence electrons. The summed E-state index contributed by atoms with van der Waals surface area (Å²) in [7, 11) is 1.40. The average Bonchev–Trinajstić information content (AvgIpc) is 3.55. The van der Waals surface area contributed by atoms with Crippen molar-refractivity contribution in [1.29, 1.82) is 0 Å². The lowest BCUT2D eigenvalue weighted by Crippen LogP contribution is -2.31. The number of aromatic hydroxyl groups is 1. The quantitative estimate of drug-likeness (QED) is 0.116. The number of ketones is 1. The van der Waals surface area contributed by atoms with Crippen molar-refractivity contribution in [3.63, 3.8) is 0 Å². The minimum atomic E-state index is -1.05. The second kappa shape index (κ2) is 12.3. The van der Waals surface area contributed by atoms with Gasteiger partial charge in [0.05, 0.1) is 23.2 Å². The van der Waals surface area contributed by atoms with Crippen molar-refractivity contribution >= 4 is 61.9 Å². The molecular formula is C30H24BrN3O5S2. The molecule has 41 heavy (non-hydrogen) atoms. The highest BCUT2D eigenvalue weighted by Gasteiger charge is 2.45. The van der Waals surface area contributed by atoms with Gasteiger partial charge in [-0.15, -0.1) is 10.2 Å². The van der Waals surface area contributed by atoms with Gasteiger partial charge in [0.1, 0.15) is 0 Å². The van der Waals surface area contributed by atoms with Crippen LogP contribution < -0.4 is 9.64 Å². The van der Waals surface area contributed by atoms with E-state index in [-0.39, 0.29) is 22.2 Å². The number of rotatable bonds is 9. The van der Waals surface area contributed by atoms with Crippen LogP contribution in [0.2, 0.25) is 0 Å². The van der Waals surface area contributed by atoms with Gasteiger partial charge in [-0.05, 0) is 57.8 Å². The van der Waals surface area contributed by atoms with E-state index in [9.17, 15) is 19.8 Å². The van der Waals surface area contributed by atoms with Crippen LogP contribution in [0.5, 0.6) is 11.5 Å². The number of phenols is 1. The molecule has 8 nitrogen and oxygen atoms in total. The van der Waals surface area contributed by atoms with Crippen LogP contribution in [0.1, 0.15) is 28.3 Å². The number of amides is 1. The van der Waals surface area contributed by atoms with Gasteiger partial charge >= 0.3 is 0 Å². The first kappa shape index (κ1) is 28.6. The Bertz CT molecular complexity index is 1670. The van der Waals surface area contributed by atoms with Crippen molar-refractivity contribution in [1.82, 2.24) is 10.2 Å². The lowest BCUT2D eigenvalue weighted by molar-refractivity contribution is -0.117. The van der Waals surface area contributed by atoms with E-state index >= 15 is 0 Å². The fourth-order valence-corrected chi connectivity index (χ4v) is 6.57. The van der Waals surface area contributed by atoms with Gasteiger partial charge in [0.25, 0.3) is 5.91 Å². The van der Waals surface area contributed by atoms with Crippen LogP contribution in [0.25, 0.3) is 6.08 Å². The molecule has 1 amide bonds. The maximum absolute atomic E-state index is 13.5. The Morgan fingerprint density at radius 1 is 1.12 bits per heavy atom. The second-order valence-electron chi connectivity index (χ2n) is 9.13. The largest absolute Gasteiger partial charge is 0.503 e. The number of allylic oxidation sites excluding steroid dienone is 1. The molecule has 0 bridgehead atoms. The maximum atomic E-state index is 13.5. The minimum Gasteiger partial charge on any atom is -0.503 e. The number of halogens is 1. The molecule has 1 atom stereocenters. The van der Waals surface area contributed by atoms with Gasteiger partial charge in [-0.1, -0.05) is 89.3 Å². The normalized spacial score (nSPS) is 15.2. The summed E-state index contributed by atoms with van der Waals surface area (Å²) in [5.74, 6) is -1.35. The number of aliphatic hydroxyl groups is 1. The number of anilines is 1. The topological polar surface area (TPSA) is 113 Å². The molecule has 0 fully saturated rings. The third-order valence-corrected chi connectivity index (χ3v) is 9.10. The van der Waals surface area contributed by atoms with Crippen molar-refractivity contribution in [2.45, 2.75) is 23.1 Å². The van der Waals surface area contributed by atoms with E-state index in [0.29, 0.717) is 20.1 Å². The zero-order valence-corrected chi connectivity index (χ0v) is 25.2. The first-order valence-corrected chi connectivity index (χ1v) is 15.0. The highest BCUT2D eigenvalue weighted by molar-refractivity contribution is 9.10. The second-order valence-corrected chi connectivity index (χ2v) is 12.2. The number of aromatic nitrogens is 2. The van der Waals surface area contributed by atoms with E-state index in [1.54, 1.807) is 12.1 Å². The molecule has 0 saturated carbocycles. The van der Waals surface area contributed by atoms with Gasteiger partial charge in [-0.3, -0.25) is 14.5 Å². The third-order valence-electron chi connectivity index (χ3n) is 6.37. The van der Waals surface area contributed by atoms with Crippen molar-refractivity contribution in [3.05, 3.63) is 111 Å². The number of ether oxygens (including phenoxy) is 1. The summed E-state index contributed by atoms with van der Waals surface area (Å²) in [5, 5.41) is 30.1. The smallest absolute Gasteiger partial charge is 0.296 e. The summed E-state index contributed by atoms with van der Waals surface area (Å²) in [6.45, 7) is 2.03. The van der Waals surface area contributed by atoms with Gasteiger partial charge in [0.15, 0.2) is 27.4 Å². The number of aliphatic hydroxyl groups excluding tert-OH is 1. The molecule has 0 saturated heterocycles. The number of phenolic OH excluding ortho intramolecular Hbond substituents is 1. The molecule has 0 aliphatic carbocycles. The Morgan fingerprint density at radius 3 is 2.56 bits per heavy atom. The molecule has 0 spiro atoms. The number of carbonyl (C=O) groups is 2. The average molecular weight is 651 g/mol. The van der Waals surface area contributed by atoms with Crippen LogP contribution in [0.4, 0.5) is 5.13 Å². The molecule has 1 aromatic heterocycles. The van der Waals surface area contributed by atoms with Crippen molar-refractivity contribution in [2.75, 3.05) is 12.0 Å². The molecule has 1 aliphatic rings. The molecule has 1 unspecified atom stereocenters. The van der Waals surface area contributed by atoms with Gasteiger partial charge in [-0.2, -0.15) is 0 Å². The third kappa shape index (κ3) is 6.07. The molecule has 3 aromatic carbocycles. The van der Waals surface area contributed by atoms with Gasteiger partial charge in [0.2, 0.25) is 5.13 Å². The maximum Gasteiger partial charge on any atom is 0.296 e. The predicted molar refractivity (Wildman–Crippen MR) is 163 cm³/mol. The first-order chi connectivity index (χ1) is 19.8. The van der Waals surface area contributed by atoms with E-state index in [1.165, 1.54) is 52.8 Å². The lowest BCUT2D eigenvalue weighted by atomic mass is 9.95. The zero-order chi connectivity index (χ0) is 29.1. The Hall–Kier alpha value is -3.93. The van der Waals surface area contributed by atoms with Crippen LogP contribution in [0.3, 0.4) is 0 Å². The van der Waals surface area contributed by atoms with E-state index in [0.717, 1.165) is 11.1 Å². The molecule has 4 aromatic rings. The molecule has 1 aliphatic heterocycles. The number of hydrogen-bond acceptors (Lipinski definition) is 9. The summed E-state index contributed by atoms with van der Waals surface area (Å²) in [5.41, 5.74) is 3.37. The van der Waals surface area contributed by atoms with Crippen LogP contribution >= 0.6 is 39.0 Å². The number of carbonyl (C=O) groups excluding carboxylic acids is 2. The van der Waals surface area contributed by atoms with Gasteiger partial charge in [0, 0.05) is 5.75 Å².